The second kappa shape index (κ2) is 9.74. The molecular weight excluding hydrogens is 423 g/mol. The smallest absolute Gasteiger partial charge is 0.269 e. The first kappa shape index (κ1) is 21.8. The fraction of sp³-hybridized carbons (Fsp3) is 0.0870. The van der Waals surface area contributed by atoms with Crippen molar-refractivity contribution >= 4 is 28.9 Å². The molecule has 0 saturated carbocycles. The molecule has 0 aliphatic heterocycles. The minimum atomic E-state index is -0.509. The van der Waals surface area contributed by atoms with Crippen LogP contribution < -0.4 is 9.47 Å². The van der Waals surface area contributed by atoms with E-state index >= 15 is 0 Å². The molecule has 0 spiro atoms. The van der Waals surface area contributed by atoms with Gasteiger partial charge in [0.05, 0.1) is 28.7 Å². The van der Waals surface area contributed by atoms with E-state index in [0.717, 1.165) is 0 Å². The Morgan fingerprint density at radius 3 is 2.68 bits per heavy atom. The van der Waals surface area contributed by atoms with Crippen molar-refractivity contribution in [2.24, 2.45) is 0 Å². The monoisotopic (exact) mass is 438 g/mol. The highest BCUT2D eigenvalue weighted by Gasteiger charge is 2.14. The molecule has 0 aliphatic carbocycles. The predicted octanol–water partition coefficient (Wildman–Crippen LogP) is 6.04. The number of benzene rings is 3. The number of ether oxygens (including phenoxy) is 2. The lowest BCUT2D eigenvalue weighted by atomic mass is 10.0. The quantitative estimate of drug-likeness (QED) is 0.194. The fourth-order valence-corrected chi connectivity index (χ4v) is 3.17. The van der Waals surface area contributed by atoms with Gasteiger partial charge in [-0.2, -0.15) is 5.26 Å². The van der Waals surface area contributed by atoms with Gasteiger partial charge in [-0.05, 0) is 35.4 Å². The molecule has 3 rings (SSSR count). The molecule has 0 aliphatic rings. The van der Waals surface area contributed by atoms with E-state index < -0.39 is 10.7 Å². The summed E-state index contributed by atoms with van der Waals surface area (Å²) in [6, 6.07) is 17.2. The van der Waals surface area contributed by atoms with Gasteiger partial charge in [0.15, 0.2) is 11.5 Å². The van der Waals surface area contributed by atoms with Crippen LogP contribution in [0.25, 0.3) is 11.6 Å². The van der Waals surface area contributed by atoms with Crippen LogP contribution in [0.4, 0.5) is 10.1 Å². The SMILES string of the molecule is COc1cc(/C=C(/C#N)c2ccccc2F)cc(Cl)c1OCc1cccc([N+](=O)[O-])c1. The Bertz CT molecular complexity index is 1200. The normalized spacial score (nSPS) is 11.0. The van der Waals surface area contributed by atoms with Crippen molar-refractivity contribution in [1.82, 2.24) is 0 Å². The van der Waals surface area contributed by atoms with Crippen molar-refractivity contribution in [3.8, 4) is 17.6 Å². The standard InChI is InChI=1S/C23H16ClFN2O4/c1-30-22-12-16(9-17(13-26)19-7-2-3-8-21(19)25)11-20(24)23(22)31-14-15-5-4-6-18(10-15)27(28)29/h2-12H,14H2,1H3/b17-9-. The molecule has 0 heterocycles. The largest absolute Gasteiger partial charge is 0.493 e. The first-order valence-corrected chi connectivity index (χ1v) is 9.41. The highest BCUT2D eigenvalue weighted by Crippen LogP contribution is 2.38. The lowest BCUT2D eigenvalue weighted by molar-refractivity contribution is -0.384. The zero-order chi connectivity index (χ0) is 22.4. The summed E-state index contributed by atoms with van der Waals surface area (Å²) in [5.74, 6) is 0.0393. The van der Waals surface area contributed by atoms with Gasteiger partial charge < -0.3 is 9.47 Å². The number of hydrogen-bond acceptors (Lipinski definition) is 5. The number of rotatable bonds is 7. The van der Waals surface area contributed by atoms with Crippen LogP contribution >= 0.6 is 11.6 Å². The Balaban J connectivity index is 1.90. The molecule has 0 fully saturated rings. The second-order valence-electron chi connectivity index (χ2n) is 6.40. The van der Waals surface area contributed by atoms with Gasteiger partial charge in [-0.15, -0.1) is 0 Å². The van der Waals surface area contributed by atoms with Crippen molar-refractivity contribution in [3.63, 3.8) is 0 Å². The highest BCUT2D eigenvalue weighted by molar-refractivity contribution is 6.32. The molecule has 0 bridgehead atoms. The van der Waals surface area contributed by atoms with Gasteiger partial charge in [0.1, 0.15) is 12.4 Å². The van der Waals surface area contributed by atoms with Crippen LogP contribution in [0.15, 0.2) is 60.7 Å². The molecule has 8 heteroatoms. The lowest BCUT2D eigenvalue weighted by Gasteiger charge is -2.13. The molecule has 3 aromatic carbocycles. The maximum absolute atomic E-state index is 14.1. The van der Waals surface area contributed by atoms with Crippen LogP contribution in [0.5, 0.6) is 11.5 Å². The lowest BCUT2D eigenvalue weighted by Crippen LogP contribution is -2.00. The molecule has 0 N–H and O–H groups in total. The van der Waals surface area contributed by atoms with E-state index in [1.165, 1.54) is 37.5 Å². The maximum atomic E-state index is 14.1. The number of nitriles is 1. The van der Waals surface area contributed by atoms with Crippen molar-refractivity contribution in [2.45, 2.75) is 6.61 Å². The molecule has 3 aromatic rings. The second-order valence-corrected chi connectivity index (χ2v) is 6.81. The molecule has 0 radical (unpaired) electrons. The number of nitro benzene ring substituents is 1. The summed E-state index contributed by atoms with van der Waals surface area (Å²) in [6.45, 7) is 0.0334. The molecule has 0 amide bonds. The molecule has 0 saturated heterocycles. The third-order valence-electron chi connectivity index (χ3n) is 4.35. The Morgan fingerprint density at radius 2 is 2.00 bits per heavy atom. The number of methoxy groups -OCH3 is 1. The van der Waals surface area contributed by atoms with Crippen molar-refractivity contribution < 1.29 is 18.8 Å². The average molecular weight is 439 g/mol. The first-order chi connectivity index (χ1) is 14.9. The van der Waals surface area contributed by atoms with Gasteiger partial charge in [0, 0.05) is 17.7 Å². The van der Waals surface area contributed by atoms with Gasteiger partial charge in [0.25, 0.3) is 5.69 Å². The van der Waals surface area contributed by atoms with E-state index in [9.17, 15) is 19.8 Å². The number of nitro groups is 1. The van der Waals surface area contributed by atoms with Gasteiger partial charge in [0.2, 0.25) is 0 Å². The summed E-state index contributed by atoms with van der Waals surface area (Å²) in [5.41, 5.74) is 1.36. The molecule has 0 unspecified atom stereocenters. The summed E-state index contributed by atoms with van der Waals surface area (Å²) in [4.78, 5) is 10.4. The van der Waals surface area contributed by atoms with E-state index in [1.54, 1.807) is 36.4 Å². The van der Waals surface area contributed by atoms with E-state index in [1.807, 2.05) is 6.07 Å². The van der Waals surface area contributed by atoms with Crippen molar-refractivity contribution in [3.05, 3.63) is 98.3 Å². The maximum Gasteiger partial charge on any atom is 0.269 e. The molecule has 6 nitrogen and oxygen atoms in total. The third-order valence-corrected chi connectivity index (χ3v) is 4.63. The number of allylic oxidation sites excluding steroid dienone is 1. The summed E-state index contributed by atoms with van der Waals surface area (Å²) in [7, 11) is 1.43. The Labute approximate surface area is 182 Å². The summed E-state index contributed by atoms with van der Waals surface area (Å²) in [5, 5.41) is 20.6. The van der Waals surface area contributed by atoms with Crippen LogP contribution in [0.3, 0.4) is 0 Å². The van der Waals surface area contributed by atoms with E-state index in [2.05, 4.69) is 0 Å². The minimum Gasteiger partial charge on any atom is -0.493 e. The summed E-state index contributed by atoms with van der Waals surface area (Å²) in [6.07, 6.45) is 1.50. The molecule has 156 valence electrons. The highest BCUT2D eigenvalue weighted by atomic mass is 35.5. The Kier molecular flexibility index (Phi) is 6.85. The molecule has 31 heavy (non-hydrogen) atoms. The number of hydrogen-bond donors (Lipinski definition) is 0. The van der Waals surface area contributed by atoms with Crippen molar-refractivity contribution in [2.75, 3.05) is 7.11 Å². The molecular formula is C23H16ClFN2O4. The topological polar surface area (TPSA) is 85.4 Å². The number of nitrogens with zero attached hydrogens (tertiary/aromatic N) is 2. The van der Waals surface area contributed by atoms with Crippen molar-refractivity contribution in [1.29, 1.82) is 5.26 Å². The van der Waals surface area contributed by atoms with Crippen LogP contribution in [0.1, 0.15) is 16.7 Å². The minimum absolute atomic E-state index is 0.0334. The van der Waals surface area contributed by atoms with Gasteiger partial charge >= 0.3 is 0 Å². The Morgan fingerprint density at radius 1 is 1.23 bits per heavy atom. The third kappa shape index (κ3) is 5.18. The van der Waals surface area contributed by atoms with E-state index in [4.69, 9.17) is 21.1 Å². The zero-order valence-corrected chi connectivity index (χ0v) is 17.1. The summed E-state index contributed by atoms with van der Waals surface area (Å²) >= 11 is 6.37. The Hall–Kier alpha value is -3.89. The fourth-order valence-electron chi connectivity index (χ4n) is 2.90. The van der Waals surface area contributed by atoms with Crippen LogP contribution in [-0.2, 0) is 6.61 Å². The van der Waals surface area contributed by atoms with Gasteiger partial charge in [-0.3, -0.25) is 10.1 Å². The molecule has 0 atom stereocenters. The predicted molar refractivity (Wildman–Crippen MR) is 115 cm³/mol. The summed E-state index contributed by atoms with van der Waals surface area (Å²) < 4.78 is 25.2. The van der Waals surface area contributed by atoms with Crippen LogP contribution in [-0.4, -0.2) is 12.0 Å². The van der Waals surface area contributed by atoms with Crippen LogP contribution in [0, 0.1) is 27.3 Å². The van der Waals surface area contributed by atoms with Crippen LogP contribution in [0.2, 0.25) is 5.02 Å². The number of halogens is 2. The first-order valence-electron chi connectivity index (χ1n) is 9.03. The van der Waals surface area contributed by atoms with Gasteiger partial charge in [-0.1, -0.05) is 41.9 Å². The van der Waals surface area contributed by atoms with Gasteiger partial charge in [-0.25, -0.2) is 4.39 Å². The van der Waals surface area contributed by atoms with E-state index in [0.29, 0.717) is 16.9 Å². The average Bonchev–Trinajstić information content (AvgIpc) is 2.77. The number of non-ortho nitro benzene ring substituents is 1. The van der Waals surface area contributed by atoms with E-state index in [-0.39, 0.29) is 34.2 Å². The zero-order valence-electron chi connectivity index (χ0n) is 16.3. The molecule has 0 aromatic heterocycles.